The summed E-state index contributed by atoms with van der Waals surface area (Å²) in [5, 5.41) is 0. The molecule has 2 aromatic carbocycles. The molecule has 0 bridgehead atoms. The molecule has 2 nitrogen and oxygen atoms in total. The summed E-state index contributed by atoms with van der Waals surface area (Å²) in [7, 11) is 0. The Morgan fingerprint density at radius 3 is 2.25 bits per heavy atom. The van der Waals surface area contributed by atoms with E-state index in [4.69, 9.17) is 4.84 Å². The van der Waals surface area contributed by atoms with Crippen LogP contribution in [0.1, 0.15) is 36.6 Å². The van der Waals surface area contributed by atoms with Crippen molar-refractivity contribution in [3.05, 3.63) is 71.3 Å². The summed E-state index contributed by atoms with van der Waals surface area (Å²) in [5.74, 6) is 0.510. The van der Waals surface area contributed by atoms with Gasteiger partial charge < -0.3 is 4.84 Å². The van der Waals surface area contributed by atoms with Crippen molar-refractivity contribution >= 4 is 0 Å². The summed E-state index contributed by atoms with van der Waals surface area (Å²) in [6.45, 7) is 7.13. The lowest BCUT2D eigenvalue weighted by atomic mass is 9.96. The number of hydroxylamine groups is 1. The number of hydrogen-bond donors (Lipinski definition) is 1. The lowest BCUT2D eigenvalue weighted by Crippen LogP contribution is -2.25. The molecule has 2 rings (SSSR count). The van der Waals surface area contributed by atoms with Crippen molar-refractivity contribution in [2.24, 2.45) is 5.92 Å². The van der Waals surface area contributed by atoms with Crippen molar-refractivity contribution in [1.82, 2.24) is 5.48 Å². The van der Waals surface area contributed by atoms with E-state index in [0.717, 1.165) is 0 Å². The highest BCUT2D eigenvalue weighted by Gasteiger charge is 2.15. The fourth-order valence-electron chi connectivity index (χ4n) is 2.17. The van der Waals surface area contributed by atoms with Gasteiger partial charge in [-0.15, -0.1) is 0 Å². The molecule has 0 amide bonds. The van der Waals surface area contributed by atoms with Crippen molar-refractivity contribution in [1.29, 1.82) is 0 Å². The van der Waals surface area contributed by atoms with Crippen LogP contribution >= 0.6 is 0 Å². The molecular weight excluding hydrogens is 246 g/mol. The maximum atomic E-state index is 5.67. The van der Waals surface area contributed by atoms with Crippen LogP contribution < -0.4 is 5.48 Å². The zero-order chi connectivity index (χ0) is 14.4. The van der Waals surface area contributed by atoms with E-state index in [2.05, 4.69) is 74.8 Å². The van der Waals surface area contributed by atoms with E-state index in [1.165, 1.54) is 16.7 Å². The molecule has 0 aromatic heterocycles. The van der Waals surface area contributed by atoms with E-state index in [1.54, 1.807) is 0 Å². The van der Waals surface area contributed by atoms with Gasteiger partial charge in [-0.2, -0.15) is 5.48 Å². The smallest absolute Gasteiger partial charge is 0.0824 e. The van der Waals surface area contributed by atoms with Gasteiger partial charge in [0.1, 0.15) is 0 Å². The van der Waals surface area contributed by atoms with Crippen molar-refractivity contribution in [2.75, 3.05) is 6.61 Å². The van der Waals surface area contributed by atoms with Gasteiger partial charge in [0.2, 0.25) is 0 Å². The van der Waals surface area contributed by atoms with Crippen LogP contribution in [0.4, 0.5) is 0 Å². The van der Waals surface area contributed by atoms with Crippen LogP contribution in [0.25, 0.3) is 0 Å². The zero-order valence-electron chi connectivity index (χ0n) is 12.5. The van der Waals surface area contributed by atoms with Gasteiger partial charge in [-0.1, -0.05) is 68.4 Å². The second-order valence-corrected chi connectivity index (χ2v) is 5.52. The van der Waals surface area contributed by atoms with E-state index >= 15 is 0 Å². The van der Waals surface area contributed by atoms with Crippen LogP contribution in [0, 0.1) is 12.8 Å². The molecule has 0 aliphatic heterocycles. The summed E-state index contributed by atoms with van der Waals surface area (Å²) < 4.78 is 0. The topological polar surface area (TPSA) is 21.3 Å². The minimum Gasteiger partial charge on any atom is -0.301 e. The molecule has 0 aliphatic rings. The molecule has 1 unspecified atom stereocenters. The van der Waals surface area contributed by atoms with Crippen LogP contribution in [0.2, 0.25) is 0 Å². The molecule has 0 saturated heterocycles. The third-order valence-electron chi connectivity index (χ3n) is 3.25. The first-order chi connectivity index (χ1) is 9.68. The normalized spacial score (nSPS) is 12.6. The number of rotatable bonds is 6. The number of nitrogens with one attached hydrogen (secondary N) is 1. The maximum absolute atomic E-state index is 5.67. The van der Waals surface area contributed by atoms with E-state index in [-0.39, 0.29) is 6.04 Å². The van der Waals surface area contributed by atoms with Crippen molar-refractivity contribution in [3.63, 3.8) is 0 Å². The quantitative estimate of drug-likeness (QED) is 0.791. The first-order valence-electron chi connectivity index (χ1n) is 7.16. The summed E-state index contributed by atoms with van der Waals surface area (Å²) in [6.07, 6.45) is 0. The molecule has 106 valence electrons. The van der Waals surface area contributed by atoms with Gasteiger partial charge in [0, 0.05) is 0 Å². The molecule has 0 heterocycles. The monoisotopic (exact) mass is 269 g/mol. The zero-order valence-corrected chi connectivity index (χ0v) is 12.5. The Labute approximate surface area is 121 Å². The number of benzene rings is 2. The third-order valence-corrected chi connectivity index (χ3v) is 3.25. The fraction of sp³-hybridized carbons (Fsp3) is 0.333. The van der Waals surface area contributed by atoms with Gasteiger partial charge in [0.05, 0.1) is 12.6 Å². The molecule has 0 fully saturated rings. The van der Waals surface area contributed by atoms with Gasteiger partial charge in [0.15, 0.2) is 0 Å². The van der Waals surface area contributed by atoms with Crippen molar-refractivity contribution < 1.29 is 4.84 Å². The molecule has 0 spiro atoms. The Kier molecular flexibility index (Phi) is 5.33. The molecule has 0 saturated carbocycles. The van der Waals surface area contributed by atoms with Crippen LogP contribution in [0.15, 0.2) is 54.6 Å². The maximum Gasteiger partial charge on any atom is 0.0824 e. The average Bonchev–Trinajstić information content (AvgIpc) is 2.45. The highest BCUT2D eigenvalue weighted by molar-refractivity contribution is 5.36. The molecule has 2 aromatic rings. The van der Waals surface area contributed by atoms with E-state index in [0.29, 0.717) is 12.5 Å². The number of hydrogen-bond acceptors (Lipinski definition) is 2. The standard InChI is InChI=1S/C18H23NO/c1-14(2)13-20-19-18(16-10-5-4-6-11-16)17-12-8-7-9-15(17)3/h4-12,14,18-19H,13H2,1-3H3. The van der Waals surface area contributed by atoms with Crippen LogP contribution in [-0.2, 0) is 4.84 Å². The van der Waals surface area contributed by atoms with Gasteiger partial charge in [-0.05, 0) is 29.5 Å². The highest BCUT2D eigenvalue weighted by atomic mass is 16.6. The Morgan fingerprint density at radius 1 is 0.950 bits per heavy atom. The lowest BCUT2D eigenvalue weighted by Gasteiger charge is -2.21. The Bertz CT molecular complexity index is 522. The second kappa shape index (κ2) is 7.22. The predicted molar refractivity (Wildman–Crippen MR) is 83.4 cm³/mol. The fourth-order valence-corrected chi connectivity index (χ4v) is 2.17. The molecule has 1 N–H and O–H groups in total. The molecular formula is C18H23NO. The van der Waals surface area contributed by atoms with Crippen LogP contribution in [0.5, 0.6) is 0 Å². The summed E-state index contributed by atoms with van der Waals surface area (Å²) in [5.41, 5.74) is 6.96. The lowest BCUT2D eigenvalue weighted by molar-refractivity contribution is 0.00828. The van der Waals surface area contributed by atoms with Crippen molar-refractivity contribution in [2.45, 2.75) is 26.8 Å². The Hall–Kier alpha value is -1.64. The highest BCUT2D eigenvalue weighted by Crippen LogP contribution is 2.24. The van der Waals surface area contributed by atoms with Gasteiger partial charge in [-0.3, -0.25) is 0 Å². The van der Waals surface area contributed by atoms with E-state index in [1.807, 2.05) is 6.07 Å². The number of aryl methyl sites for hydroxylation is 1. The Balaban J connectivity index is 2.23. The molecule has 0 radical (unpaired) electrons. The Morgan fingerprint density at radius 2 is 1.60 bits per heavy atom. The molecule has 0 aliphatic carbocycles. The first-order valence-corrected chi connectivity index (χ1v) is 7.16. The minimum absolute atomic E-state index is 0.0659. The molecule has 1 atom stereocenters. The summed E-state index contributed by atoms with van der Waals surface area (Å²) in [6, 6.07) is 18.9. The SMILES string of the molecule is Cc1ccccc1C(NOCC(C)C)c1ccccc1. The average molecular weight is 269 g/mol. The van der Waals surface area contributed by atoms with Crippen LogP contribution in [-0.4, -0.2) is 6.61 Å². The summed E-state index contributed by atoms with van der Waals surface area (Å²) >= 11 is 0. The molecule has 2 heteroatoms. The summed E-state index contributed by atoms with van der Waals surface area (Å²) in [4.78, 5) is 5.67. The van der Waals surface area contributed by atoms with Gasteiger partial charge >= 0.3 is 0 Å². The molecule has 20 heavy (non-hydrogen) atoms. The van der Waals surface area contributed by atoms with E-state index < -0.39 is 0 Å². The largest absolute Gasteiger partial charge is 0.301 e. The predicted octanol–water partition coefficient (Wildman–Crippen LogP) is 4.26. The third kappa shape index (κ3) is 3.92. The van der Waals surface area contributed by atoms with Gasteiger partial charge in [0.25, 0.3) is 0 Å². The first kappa shape index (κ1) is 14.8. The van der Waals surface area contributed by atoms with Crippen LogP contribution in [0.3, 0.4) is 0 Å². The van der Waals surface area contributed by atoms with Gasteiger partial charge in [-0.25, -0.2) is 0 Å². The second-order valence-electron chi connectivity index (χ2n) is 5.52. The van der Waals surface area contributed by atoms with E-state index in [9.17, 15) is 0 Å². The van der Waals surface area contributed by atoms with Crippen molar-refractivity contribution in [3.8, 4) is 0 Å². The minimum atomic E-state index is 0.0659.